The number of H-pyrrole nitrogens is 1. The van der Waals surface area contributed by atoms with Crippen LogP contribution in [0, 0.1) is 0 Å². The Kier molecular flexibility index (Phi) is 5.27. The summed E-state index contributed by atoms with van der Waals surface area (Å²) in [6.07, 6.45) is 0. The normalized spacial score (nSPS) is 11.1. The summed E-state index contributed by atoms with van der Waals surface area (Å²) in [5, 5.41) is 11.5. The number of hydrogen-bond acceptors (Lipinski definition) is 6. The van der Waals surface area contributed by atoms with E-state index in [2.05, 4.69) is 20.5 Å². The molecule has 0 atom stereocenters. The summed E-state index contributed by atoms with van der Waals surface area (Å²) in [4.78, 5) is 26.6. The highest BCUT2D eigenvalue weighted by Crippen LogP contribution is 2.22. The quantitative estimate of drug-likeness (QED) is 0.643. The molecular weight excluding hydrogens is 354 g/mol. The molecule has 0 unspecified atom stereocenters. The van der Waals surface area contributed by atoms with E-state index in [1.165, 1.54) is 17.8 Å². The number of nitrogens with zero attached hydrogens (tertiary/aromatic N) is 3. The average molecular weight is 373 g/mol. The first-order valence-electron chi connectivity index (χ1n) is 8.03. The van der Waals surface area contributed by atoms with Gasteiger partial charge >= 0.3 is 0 Å². The fraction of sp³-hybridized carbons (Fsp3) is 0.294. The Morgan fingerprint density at radius 3 is 2.69 bits per heavy atom. The SMILES string of the molecule is COc1ccc(NC(=O)CSc2nnc3[nH]c(=O)cc(C(C)C)n23)cc1. The molecule has 3 rings (SSSR count). The van der Waals surface area contributed by atoms with E-state index in [1.807, 2.05) is 13.8 Å². The Balaban J connectivity index is 1.73. The number of carbonyl (C=O) groups is 1. The maximum absolute atomic E-state index is 12.2. The van der Waals surface area contributed by atoms with Gasteiger partial charge in [-0.1, -0.05) is 25.6 Å². The summed E-state index contributed by atoms with van der Waals surface area (Å²) in [5.74, 6) is 1.22. The summed E-state index contributed by atoms with van der Waals surface area (Å²) in [5.41, 5.74) is 1.27. The Labute approximate surface area is 154 Å². The molecule has 2 heterocycles. The van der Waals surface area contributed by atoms with Gasteiger partial charge in [0.05, 0.1) is 12.9 Å². The number of aromatic nitrogens is 4. The van der Waals surface area contributed by atoms with Gasteiger partial charge in [-0.2, -0.15) is 0 Å². The van der Waals surface area contributed by atoms with Crippen LogP contribution >= 0.6 is 11.8 Å². The van der Waals surface area contributed by atoms with E-state index < -0.39 is 0 Å². The van der Waals surface area contributed by atoms with E-state index in [4.69, 9.17) is 4.74 Å². The molecule has 136 valence electrons. The van der Waals surface area contributed by atoms with Crippen LogP contribution in [-0.2, 0) is 4.79 Å². The number of fused-ring (bicyclic) bond motifs is 1. The van der Waals surface area contributed by atoms with Crippen molar-refractivity contribution in [1.82, 2.24) is 19.6 Å². The molecule has 0 radical (unpaired) electrons. The van der Waals surface area contributed by atoms with Crippen LogP contribution in [0.3, 0.4) is 0 Å². The molecule has 3 aromatic rings. The highest BCUT2D eigenvalue weighted by atomic mass is 32.2. The number of benzene rings is 1. The molecule has 0 spiro atoms. The predicted molar refractivity (Wildman–Crippen MR) is 100 cm³/mol. The maximum atomic E-state index is 12.2. The van der Waals surface area contributed by atoms with Gasteiger partial charge < -0.3 is 10.1 Å². The van der Waals surface area contributed by atoms with Gasteiger partial charge in [0.25, 0.3) is 5.56 Å². The molecular formula is C17H19N5O3S. The van der Waals surface area contributed by atoms with Gasteiger partial charge in [-0.25, -0.2) is 0 Å². The second-order valence-corrected chi connectivity index (χ2v) is 6.86. The van der Waals surface area contributed by atoms with E-state index in [1.54, 1.807) is 35.8 Å². The first kappa shape index (κ1) is 18.0. The second-order valence-electron chi connectivity index (χ2n) is 5.92. The van der Waals surface area contributed by atoms with Gasteiger partial charge in [0, 0.05) is 17.4 Å². The van der Waals surface area contributed by atoms with Crippen molar-refractivity contribution in [1.29, 1.82) is 0 Å². The van der Waals surface area contributed by atoms with E-state index in [0.717, 1.165) is 11.4 Å². The van der Waals surface area contributed by atoms with E-state index in [-0.39, 0.29) is 23.1 Å². The maximum Gasteiger partial charge on any atom is 0.252 e. The molecule has 0 aliphatic rings. The number of rotatable bonds is 6. The minimum absolute atomic E-state index is 0.114. The minimum atomic E-state index is -0.220. The zero-order valence-corrected chi connectivity index (χ0v) is 15.5. The van der Waals surface area contributed by atoms with Crippen LogP contribution in [0.1, 0.15) is 25.5 Å². The third kappa shape index (κ3) is 3.88. The van der Waals surface area contributed by atoms with Crippen LogP contribution in [0.5, 0.6) is 5.75 Å². The van der Waals surface area contributed by atoms with Gasteiger partial charge in [-0.15, -0.1) is 10.2 Å². The molecule has 26 heavy (non-hydrogen) atoms. The first-order valence-corrected chi connectivity index (χ1v) is 9.01. The molecule has 2 aromatic heterocycles. The largest absolute Gasteiger partial charge is 0.497 e. The van der Waals surface area contributed by atoms with Crippen molar-refractivity contribution < 1.29 is 9.53 Å². The lowest BCUT2D eigenvalue weighted by Gasteiger charge is -2.10. The highest BCUT2D eigenvalue weighted by molar-refractivity contribution is 7.99. The monoisotopic (exact) mass is 373 g/mol. The van der Waals surface area contributed by atoms with Gasteiger partial charge in [-0.05, 0) is 30.2 Å². The number of amides is 1. The molecule has 1 amide bonds. The zero-order chi connectivity index (χ0) is 18.7. The van der Waals surface area contributed by atoms with Crippen LogP contribution in [0.2, 0.25) is 0 Å². The van der Waals surface area contributed by atoms with E-state index >= 15 is 0 Å². The zero-order valence-electron chi connectivity index (χ0n) is 14.6. The minimum Gasteiger partial charge on any atom is -0.497 e. The third-order valence-electron chi connectivity index (χ3n) is 3.70. The molecule has 0 fully saturated rings. The average Bonchev–Trinajstić information content (AvgIpc) is 3.02. The fourth-order valence-corrected chi connectivity index (χ4v) is 3.20. The van der Waals surface area contributed by atoms with Crippen LogP contribution in [0.4, 0.5) is 5.69 Å². The standard InChI is InChI=1S/C17H19N5O3S/c1-10(2)13-8-14(23)19-16-20-21-17(22(13)16)26-9-15(24)18-11-4-6-12(25-3)7-5-11/h4-8,10H,9H2,1-3H3,(H,18,24)(H,19,20,23). The number of ether oxygens (including phenoxy) is 1. The molecule has 0 bridgehead atoms. The molecule has 2 N–H and O–H groups in total. The molecule has 8 nitrogen and oxygen atoms in total. The van der Waals surface area contributed by atoms with Crippen molar-refractivity contribution >= 4 is 29.1 Å². The number of carbonyl (C=O) groups excluding carboxylic acids is 1. The first-order chi connectivity index (χ1) is 12.5. The number of thioether (sulfide) groups is 1. The Bertz CT molecular complexity index is 978. The van der Waals surface area contributed by atoms with Crippen LogP contribution in [0.15, 0.2) is 40.3 Å². The Hall–Kier alpha value is -2.81. The van der Waals surface area contributed by atoms with Gasteiger partial charge in [0.2, 0.25) is 11.7 Å². The fourth-order valence-electron chi connectivity index (χ4n) is 2.45. The van der Waals surface area contributed by atoms with Gasteiger partial charge in [0.15, 0.2) is 5.16 Å². The lowest BCUT2D eigenvalue weighted by Crippen LogP contribution is -2.15. The lowest BCUT2D eigenvalue weighted by molar-refractivity contribution is -0.113. The van der Waals surface area contributed by atoms with Crippen molar-refractivity contribution in [2.24, 2.45) is 0 Å². The molecule has 9 heteroatoms. The van der Waals surface area contributed by atoms with Crippen LogP contribution in [-0.4, -0.2) is 38.4 Å². The summed E-state index contributed by atoms with van der Waals surface area (Å²) >= 11 is 1.26. The molecule has 0 aliphatic heterocycles. The number of nitrogens with one attached hydrogen (secondary N) is 2. The smallest absolute Gasteiger partial charge is 0.252 e. The molecule has 0 aliphatic carbocycles. The van der Waals surface area contributed by atoms with Crippen molar-refractivity contribution in [3.63, 3.8) is 0 Å². The van der Waals surface area contributed by atoms with Gasteiger partial charge in [0.1, 0.15) is 5.75 Å². The Morgan fingerprint density at radius 2 is 2.04 bits per heavy atom. The van der Waals surface area contributed by atoms with Crippen molar-refractivity contribution in [2.75, 3.05) is 18.2 Å². The third-order valence-corrected chi connectivity index (χ3v) is 4.63. The van der Waals surface area contributed by atoms with Crippen LogP contribution in [0.25, 0.3) is 5.78 Å². The van der Waals surface area contributed by atoms with Crippen LogP contribution < -0.4 is 15.6 Å². The summed E-state index contributed by atoms with van der Waals surface area (Å²) in [6, 6.07) is 8.63. The summed E-state index contributed by atoms with van der Waals surface area (Å²) in [7, 11) is 1.59. The second kappa shape index (κ2) is 7.61. The Morgan fingerprint density at radius 1 is 1.31 bits per heavy atom. The number of hydrogen-bond donors (Lipinski definition) is 2. The number of anilines is 1. The highest BCUT2D eigenvalue weighted by Gasteiger charge is 2.15. The topological polar surface area (TPSA) is 101 Å². The molecule has 0 saturated carbocycles. The van der Waals surface area contributed by atoms with Crippen molar-refractivity contribution in [3.8, 4) is 5.75 Å². The van der Waals surface area contributed by atoms with Gasteiger partial charge in [-0.3, -0.25) is 19.0 Å². The number of aromatic amines is 1. The molecule has 0 saturated heterocycles. The number of methoxy groups -OCH3 is 1. The van der Waals surface area contributed by atoms with E-state index in [9.17, 15) is 9.59 Å². The van der Waals surface area contributed by atoms with Crippen molar-refractivity contribution in [3.05, 3.63) is 46.4 Å². The predicted octanol–water partition coefficient (Wildman–Crippen LogP) is 2.28. The van der Waals surface area contributed by atoms with E-state index in [0.29, 0.717) is 16.6 Å². The molecule has 1 aromatic carbocycles. The summed E-state index contributed by atoms with van der Waals surface area (Å²) in [6.45, 7) is 3.97. The summed E-state index contributed by atoms with van der Waals surface area (Å²) < 4.78 is 6.87. The van der Waals surface area contributed by atoms with Crippen molar-refractivity contribution in [2.45, 2.75) is 24.9 Å². The lowest BCUT2D eigenvalue weighted by atomic mass is 10.1.